The molecule has 0 radical (unpaired) electrons. The zero-order valence-electron chi connectivity index (χ0n) is 27.7. The van der Waals surface area contributed by atoms with Crippen LogP contribution in [0.25, 0.3) is 11.1 Å². The van der Waals surface area contributed by atoms with Gasteiger partial charge in [-0.15, -0.1) is 24.8 Å². The Balaban J connectivity index is 0.00000242. The molecule has 5 rings (SSSR count). The zero-order chi connectivity index (χ0) is 29.5. The van der Waals surface area contributed by atoms with E-state index in [1.54, 1.807) is 6.55 Å². The summed E-state index contributed by atoms with van der Waals surface area (Å²) in [5, 5.41) is 0. The minimum absolute atomic E-state index is 0. The van der Waals surface area contributed by atoms with Crippen LogP contribution in [0, 0.1) is 11.3 Å². The second-order valence-electron chi connectivity index (χ2n) is 16.2. The molecule has 0 N–H and O–H groups in total. The number of hydrogen-bond acceptors (Lipinski definition) is 0. The predicted octanol–water partition coefficient (Wildman–Crippen LogP) is 10.3. The molecule has 3 heteroatoms. The predicted molar refractivity (Wildman–Crippen MR) is 190 cm³/mol. The number of allylic oxidation sites excluding steroid dienone is 4. The summed E-state index contributed by atoms with van der Waals surface area (Å²) in [7, 11) is 0. The maximum atomic E-state index is 5.57. The fourth-order valence-electron chi connectivity index (χ4n) is 7.47. The molecule has 3 aromatic carbocycles. The third kappa shape index (κ3) is 5.57. The van der Waals surface area contributed by atoms with Gasteiger partial charge in [0.05, 0.1) is 0 Å². The van der Waals surface area contributed by atoms with Gasteiger partial charge in [-0.1, -0.05) is 0 Å². The van der Waals surface area contributed by atoms with Crippen LogP contribution in [0.4, 0.5) is 0 Å². The third-order valence-electron chi connectivity index (χ3n) is 9.86. The van der Waals surface area contributed by atoms with E-state index in [4.69, 9.17) is 4.21 Å². The van der Waals surface area contributed by atoms with Gasteiger partial charge >= 0.3 is 247 Å². The Hall–Kier alpha value is -1.53. The van der Waals surface area contributed by atoms with Crippen molar-refractivity contribution in [3.8, 4) is 11.1 Å². The standard InChI is InChI=1S/C21H25.C10H15.C6H5.CH3.CH2.2ClH.Zr/c1-20(2,3)16-7-9-18-14(12-16)11-15-13-17(21(4,5)6)8-10-19(15)18;1-8-5-6-9(7-8)10(2,3)4;1-2-4-6-5-3-1;;;;;/h7-10,12H,11H2,1-6H3;6-8H,1-4H3;1-5H;1H3;1H2;2*1H;. The molecular weight excluding hydrogens is 631 g/mol. The van der Waals surface area contributed by atoms with Gasteiger partial charge in [0.2, 0.25) is 0 Å². The quantitative estimate of drug-likeness (QED) is 0.202. The van der Waals surface area contributed by atoms with E-state index in [2.05, 4.69) is 147 Å². The summed E-state index contributed by atoms with van der Waals surface area (Å²) in [5.74, 6) is 0.377. The van der Waals surface area contributed by atoms with Crippen LogP contribution in [0.15, 0.2) is 81.7 Å². The summed E-state index contributed by atoms with van der Waals surface area (Å²) < 4.78 is 12.9. The van der Waals surface area contributed by atoms with Gasteiger partial charge in [-0.25, -0.2) is 0 Å². The van der Waals surface area contributed by atoms with E-state index in [-0.39, 0.29) is 41.1 Å². The summed E-state index contributed by atoms with van der Waals surface area (Å²) in [6, 6.07) is 23.5. The second kappa shape index (κ2) is 11.1. The van der Waals surface area contributed by atoms with E-state index in [1.165, 1.54) is 42.2 Å². The Labute approximate surface area is 269 Å². The van der Waals surface area contributed by atoms with Crippen LogP contribution in [-0.4, -0.2) is 4.21 Å². The van der Waals surface area contributed by atoms with E-state index >= 15 is 0 Å². The molecule has 0 aliphatic heterocycles. The first kappa shape index (κ1) is 35.0. The van der Waals surface area contributed by atoms with E-state index < -0.39 is 18.3 Å². The van der Waals surface area contributed by atoms with Crippen molar-refractivity contribution in [2.24, 2.45) is 11.3 Å². The molecular formula is C39H52Cl2Zr. The number of benzene rings is 3. The molecule has 0 fully saturated rings. The first-order valence-corrected chi connectivity index (χ1v) is 23.1. The van der Waals surface area contributed by atoms with E-state index in [1.807, 2.05) is 0 Å². The van der Waals surface area contributed by atoms with Crippen molar-refractivity contribution >= 4 is 35.6 Å². The van der Waals surface area contributed by atoms with Gasteiger partial charge in [-0.05, 0) is 0 Å². The summed E-state index contributed by atoms with van der Waals surface area (Å²) in [6.45, 7) is 23.6. The molecule has 3 aromatic rings. The Morgan fingerprint density at radius 1 is 0.738 bits per heavy atom. The van der Waals surface area contributed by atoms with Crippen molar-refractivity contribution in [2.45, 2.75) is 91.1 Å². The molecule has 2 aliphatic rings. The van der Waals surface area contributed by atoms with Crippen molar-refractivity contribution in [2.75, 3.05) is 0 Å². The van der Waals surface area contributed by atoms with Gasteiger partial charge in [0, 0.05) is 0 Å². The molecule has 0 heterocycles. The van der Waals surface area contributed by atoms with Crippen LogP contribution in [0.2, 0.25) is 4.63 Å². The van der Waals surface area contributed by atoms with Gasteiger partial charge in [-0.3, -0.25) is 0 Å². The van der Waals surface area contributed by atoms with Gasteiger partial charge in [0.1, 0.15) is 0 Å². The first-order valence-electron chi connectivity index (χ1n) is 15.2. The normalized spacial score (nSPS) is 17.0. The van der Waals surface area contributed by atoms with Crippen LogP contribution in [0.5, 0.6) is 0 Å². The monoisotopic (exact) mass is 680 g/mol. The van der Waals surface area contributed by atoms with Gasteiger partial charge in [0.25, 0.3) is 0 Å². The van der Waals surface area contributed by atoms with Gasteiger partial charge in [0.15, 0.2) is 0 Å². The fraction of sp³-hybridized carbons (Fsp3) is 0.410. The van der Waals surface area contributed by atoms with Crippen LogP contribution >= 0.6 is 24.8 Å². The van der Waals surface area contributed by atoms with Crippen LogP contribution < -0.4 is 6.54 Å². The van der Waals surface area contributed by atoms with Crippen molar-refractivity contribution in [1.29, 1.82) is 0 Å². The molecule has 226 valence electrons. The molecule has 0 bridgehead atoms. The van der Waals surface area contributed by atoms with E-state index in [0.717, 1.165) is 6.42 Å². The second-order valence-corrected chi connectivity index (χ2v) is 30.1. The Morgan fingerprint density at radius 2 is 1.33 bits per heavy atom. The van der Waals surface area contributed by atoms with Gasteiger partial charge in [-0.2, -0.15) is 0 Å². The molecule has 0 aromatic heterocycles. The van der Waals surface area contributed by atoms with Gasteiger partial charge < -0.3 is 0 Å². The molecule has 0 nitrogen and oxygen atoms in total. The minimum atomic E-state index is -4.40. The van der Waals surface area contributed by atoms with Crippen molar-refractivity contribution < 1.29 is 18.3 Å². The molecule has 1 atom stereocenters. The fourth-order valence-corrected chi connectivity index (χ4v) is 22.5. The summed E-state index contributed by atoms with van der Waals surface area (Å²) in [6.07, 6.45) is 6.11. The summed E-state index contributed by atoms with van der Waals surface area (Å²) >= 11 is -4.40. The van der Waals surface area contributed by atoms with Crippen LogP contribution in [-0.2, 0) is 35.5 Å². The van der Waals surface area contributed by atoms with Crippen LogP contribution in [0.3, 0.4) is 0 Å². The summed E-state index contributed by atoms with van der Waals surface area (Å²) in [4.78, 5) is 0. The summed E-state index contributed by atoms with van der Waals surface area (Å²) in [5.41, 5.74) is 10.5. The van der Waals surface area contributed by atoms with Crippen molar-refractivity contribution in [3.05, 3.63) is 104 Å². The SMILES string of the molecule is Cl.Cl.[CH2]=[Zr]([CH3])([C]1=CC(C(C)(C)C)=CC1C)([c]1ccccc1)[c]1c(C(C)(C)C)ccc2c1Cc1cc(C(C)(C)C)ccc1-2. The van der Waals surface area contributed by atoms with Crippen LogP contribution in [0.1, 0.15) is 91.5 Å². The molecule has 42 heavy (non-hydrogen) atoms. The molecule has 2 aliphatic carbocycles. The number of fused-ring (bicyclic) bond motifs is 3. The maximum absolute atomic E-state index is 5.57. The first-order chi connectivity index (χ1) is 18.3. The Kier molecular flexibility index (Phi) is 9.26. The average molecular weight is 683 g/mol. The molecule has 1 unspecified atom stereocenters. The topological polar surface area (TPSA) is 0 Å². The molecule has 0 saturated carbocycles. The number of hydrogen-bond donors (Lipinski definition) is 0. The van der Waals surface area contributed by atoms with E-state index in [0.29, 0.717) is 5.92 Å². The Bertz CT molecular complexity index is 1630. The zero-order valence-corrected chi connectivity index (χ0v) is 31.8. The third-order valence-corrected chi connectivity index (χ3v) is 24.6. The number of rotatable bonds is 3. The molecule has 0 saturated heterocycles. The van der Waals surface area contributed by atoms with Crippen molar-refractivity contribution in [3.63, 3.8) is 0 Å². The van der Waals surface area contributed by atoms with E-state index in [9.17, 15) is 0 Å². The Morgan fingerprint density at radius 3 is 1.86 bits per heavy atom. The molecule has 0 spiro atoms. The van der Waals surface area contributed by atoms with Crippen molar-refractivity contribution in [1.82, 2.24) is 0 Å². The average Bonchev–Trinajstić information content (AvgIpc) is 3.43. The number of halogens is 2. The molecule has 0 amide bonds.